The van der Waals surface area contributed by atoms with Gasteiger partial charge in [-0.1, -0.05) is 12.5 Å². The zero-order valence-electron chi connectivity index (χ0n) is 38.7. The number of piperidine rings is 1. The third-order valence-corrected chi connectivity index (χ3v) is 9.60. The molecule has 66 heavy (non-hydrogen) atoms. The van der Waals surface area contributed by atoms with Gasteiger partial charge in [-0.15, -0.1) is 0 Å². The van der Waals surface area contributed by atoms with E-state index in [0.29, 0.717) is 178 Å². The first-order chi connectivity index (χ1) is 32.4. The fourth-order valence-corrected chi connectivity index (χ4v) is 6.28. The van der Waals surface area contributed by atoms with Crippen molar-refractivity contribution in [1.82, 2.24) is 10.2 Å². The minimum absolute atomic E-state index is 0.0262. The summed E-state index contributed by atoms with van der Waals surface area (Å²) in [5.41, 5.74) is 0.377. The van der Waals surface area contributed by atoms with Crippen LogP contribution >= 0.6 is 0 Å². The molecule has 5 amide bonds. The Kier molecular flexibility index (Phi) is 33.0. The number of nitrogens with zero attached hydrogens (tertiary/aromatic N) is 1. The van der Waals surface area contributed by atoms with Crippen LogP contribution in [0.1, 0.15) is 66.2 Å². The number of fused-ring (bicyclic) bond motifs is 1. The van der Waals surface area contributed by atoms with Crippen LogP contribution in [0.4, 0.5) is 5.69 Å². The lowest BCUT2D eigenvalue weighted by Crippen LogP contribution is -2.54. The molecule has 0 aromatic heterocycles. The van der Waals surface area contributed by atoms with Crippen LogP contribution in [0.15, 0.2) is 18.2 Å². The molecule has 21 nitrogen and oxygen atoms in total. The number of amides is 5. The summed E-state index contributed by atoms with van der Waals surface area (Å²) < 4.78 is 71.1. The molecule has 2 N–H and O–H groups in total. The quantitative estimate of drug-likeness (QED) is 0.0701. The highest BCUT2D eigenvalue weighted by atomic mass is 16.6. The fraction of sp³-hybridized carbons (Fsp3) is 0.756. The topological polar surface area (TPSA) is 233 Å². The van der Waals surface area contributed by atoms with Crippen molar-refractivity contribution in [3.63, 3.8) is 0 Å². The summed E-state index contributed by atoms with van der Waals surface area (Å²) in [6.07, 6.45) is 2.43. The fourth-order valence-electron chi connectivity index (χ4n) is 6.28. The maximum atomic E-state index is 13.2. The van der Waals surface area contributed by atoms with Crippen LogP contribution in [-0.4, -0.2) is 212 Å². The largest absolute Gasteiger partial charge is 0.379 e. The molecule has 0 bridgehead atoms. The Hall–Kier alpha value is -3.55. The number of anilines is 1. The van der Waals surface area contributed by atoms with E-state index in [-0.39, 0.29) is 42.0 Å². The Morgan fingerprint density at radius 2 is 0.924 bits per heavy atom. The third kappa shape index (κ3) is 25.5. The second-order valence-corrected chi connectivity index (χ2v) is 14.6. The van der Waals surface area contributed by atoms with Crippen LogP contribution in [0.2, 0.25) is 0 Å². The van der Waals surface area contributed by atoms with E-state index in [4.69, 9.17) is 61.6 Å². The first-order valence-electron chi connectivity index (χ1n) is 23.1. The van der Waals surface area contributed by atoms with Gasteiger partial charge in [-0.2, -0.15) is 0 Å². The molecule has 2 heterocycles. The molecule has 2 aliphatic heterocycles. The van der Waals surface area contributed by atoms with Gasteiger partial charge in [0, 0.05) is 26.1 Å². The number of rotatable bonds is 45. The zero-order valence-corrected chi connectivity index (χ0v) is 38.7. The average molecular weight is 944 g/mol. The normalized spacial score (nSPS) is 14.9. The molecule has 0 spiro atoms. The van der Waals surface area contributed by atoms with Crippen LogP contribution in [0, 0.1) is 0 Å². The number of carbonyl (C=O) groups excluding carboxylic acids is 5. The Balaban J connectivity index is 0.965. The van der Waals surface area contributed by atoms with Crippen molar-refractivity contribution >= 4 is 35.2 Å². The number of carbonyl (C=O) groups is 5. The van der Waals surface area contributed by atoms with E-state index in [0.717, 1.165) is 17.7 Å². The molecule has 1 atom stereocenters. The van der Waals surface area contributed by atoms with Gasteiger partial charge in [0.2, 0.25) is 17.7 Å². The number of benzene rings is 1. The maximum absolute atomic E-state index is 13.2. The second-order valence-electron chi connectivity index (χ2n) is 14.6. The van der Waals surface area contributed by atoms with Gasteiger partial charge in [-0.3, -0.25) is 34.2 Å². The van der Waals surface area contributed by atoms with E-state index in [1.54, 1.807) is 12.1 Å². The van der Waals surface area contributed by atoms with E-state index in [9.17, 15) is 24.0 Å². The average Bonchev–Trinajstić information content (AvgIpc) is 3.56. The highest BCUT2D eigenvalue weighted by Gasteiger charge is 2.45. The molecular formula is C45H73N3O18. The Morgan fingerprint density at radius 1 is 0.530 bits per heavy atom. The van der Waals surface area contributed by atoms with Crippen molar-refractivity contribution in [3.8, 4) is 0 Å². The summed E-state index contributed by atoms with van der Waals surface area (Å²) in [6.45, 7) is 15.0. The van der Waals surface area contributed by atoms with Crippen LogP contribution in [0.25, 0.3) is 0 Å². The van der Waals surface area contributed by atoms with Gasteiger partial charge in [0.1, 0.15) is 6.04 Å². The van der Waals surface area contributed by atoms with Crippen molar-refractivity contribution in [1.29, 1.82) is 0 Å². The number of hydrogen-bond donors (Lipinski definition) is 2. The molecule has 1 fully saturated rings. The number of imide groups is 2. The van der Waals surface area contributed by atoms with E-state index in [1.807, 2.05) is 6.92 Å². The minimum atomic E-state index is -1.08. The third-order valence-electron chi connectivity index (χ3n) is 9.60. The highest BCUT2D eigenvalue weighted by Crippen LogP contribution is 2.32. The molecule has 3 rings (SSSR count). The van der Waals surface area contributed by atoms with Crippen LogP contribution < -0.4 is 10.6 Å². The van der Waals surface area contributed by atoms with Crippen molar-refractivity contribution in [2.75, 3.05) is 177 Å². The number of nitrogens with one attached hydrogen (secondary N) is 2. The molecule has 21 heteroatoms. The summed E-state index contributed by atoms with van der Waals surface area (Å²) in [4.78, 5) is 63.6. The number of ether oxygens (including phenoxy) is 13. The lowest BCUT2D eigenvalue weighted by molar-refractivity contribution is -0.136. The standard InChI is InChI=1S/C45H73N3O18/c1-2-54-13-14-56-17-18-58-21-22-60-25-26-62-29-30-64-33-34-66-36-35-65-32-31-63-28-27-61-24-23-59-20-19-57-16-15-55-12-5-3-4-9-40(49)46-38-8-6-7-37-42(38)45(53)48(44(37)52)39-10-11-41(50)47-43(39)51/h6-8,39H,2-5,9-36H2,1H3,(H,46,49)(H,47,50,51). The summed E-state index contributed by atoms with van der Waals surface area (Å²) in [7, 11) is 0. The van der Waals surface area contributed by atoms with Crippen LogP contribution in [-0.2, 0) is 76.0 Å². The number of unbranched alkanes of at least 4 members (excludes halogenated alkanes) is 2. The molecule has 1 unspecified atom stereocenters. The molecule has 0 saturated carbocycles. The van der Waals surface area contributed by atoms with E-state index >= 15 is 0 Å². The summed E-state index contributed by atoms with van der Waals surface area (Å²) >= 11 is 0. The first kappa shape index (κ1) is 56.8. The van der Waals surface area contributed by atoms with Crippen LogP contribution in [0.5, 0.6) is 0 Å². The molecule has 0 radical (unpaired) electrons. The van der Waals surface area contributed by atoms with Gasteiger partial charge < -0.3 is 66.9 Å². The number of hydrogen-bond acceptors (Lipinski definition) is 18. The molecular weight excluding hydrogens is 870 g/mol. The SMILES string of the molecule is CCOCCOCCOCCOCCOCCOCCOCCOCCOCCOCCOCCOCCOCCCCCC(=O)Nc1cccc2c1C(=O)N(C1CCC(=O)NC1=O)C2=O. The van der Waals surface area contributed by atoms with Crippen molar-refractivity contribution in [3.05, 3.63) is 29.3 Å². The van der Waals surface area contributed by atoms with Gasteiger partial charge in [-0.05, 0) is 38.3 Å². The Bertz CT molecular complexity index is 1490. The Morgan fingerprint density at radius 3 is 1.32 bits per heavy atom. The molecule has 2 aliphatic rings. The maximum Gasteiger partial charge on any atom is 0.264 e. The van der Waals surface area contributed by atoms with Gasteiger partial charge in [-0.25, -0.2) is 0 Å². The van der Waals surface area contributed by atoms with Gasteiger partial charge in [0.25, 0.3) is 11.8 Å². The lowest BCUT2D eigenvalue weighted by atomic mass is 10.0. The second kappa shape index (κ2) is 38.4. The van der Waals surface area contributed by atoms with Gasteiger partial charge in [0.05, 0.1) is 175 Å². The van der Waals surface area contributed by atoms with Gasteiger partial charge in [0.15, 0.2) is 0 Å². The summed E-state index contributed by atoms with van der Waals surface area (Å²) in [5, 5.41) is 4.91. The minimum Gasteiger partial charge on any atom is -0.379 e. The zero-order chi connectivity index (χ0) is 47.1. The van der Waals surface area contributed by atoms with E-state index in [2.05, 4.69) is 10.6 Å². The van der Waals surface area contributed by atoms with Crippen LogP contribution in [0.3, 0.4) is 0 Å². The van der Waals surface area contributed by atoms with Crippen molar-refractivity contribution in [2.45, 2.75) is 51.5 Å². The lowest BCUT2D eigenvalue weighted by Gasteiger charge is -2.27. The molecule has 1 aromatic rings. The molecule has 0 aliphatic carbocycles. The molecule has 1 aromatic carbocycles. The predicted molar refractivity (Wildman–Crippen MR) is 237 cm³/mol. The first-order valence-corrected chi connectivity index (χ1v) is 23.1. The van der Waals surface area contributed by atoms with E-state index in [1.165, 1.54) is 6.07 Å². The summed E-state index contributed by atoms with van der Waals surface area (Å²) in [6, 6.07) is 3.53. The smallest absolute Gasteiger partial charge is 0.264 e. The van der Waals surface area contributed by atoms with Crippen molar-refractivity contribution in [2.24, 2.45) is 0 Å². The monoisotopic (exact) mass is 943 g/mol. The van der Waals surface area contributed by atoms with E-state index < -0.39 is 29.7 Å². The van der Waals surface area contributed by atoms with Gasteiger partial charge >= 0.3 is 0 Å². The molecule has 1 saturated heterocycles. The van der Waals surface area contributed by atoms with Crippen molar-refractivity contribution < 1.29 is 85.6 Å². The predicted octanol–water partition coefficient (Wildman–Crippen LogP) is 1.82. The summed E-state index contributed by atoms with van der Waals surface area (Å²) in [5.74, 6) is -2.72. The Labute approximate surface area is 388 Å². The highest BCUT2D eigenvalue weighted by molar-refractivity contribution is 6.26. The molecule has 376 valence electrons.